The molecule has 0 N–H and O–H groups in total. The molecule has 2 rings (SSSR count). The largest absolute Gasteiger partial charge is 0.301 e. The number of hydrogen-bond acceptors (Lipinski definition) is 2. The summed E-state index contributed by atoms with van der Waals surface area (Å²) in [7, 11) is 0. The maximum absolute atomic E-state index is 12.8. The molecule has 1 aliphatic rings. The van der Waals surface area contributed by atoms with Crippen molar-refractivity contribution in [2.75, 3.05) is 13.1 Å². The summed E-state index contributed by atoms with van der Waals surface area (Å²) in [4.78, 5) is 15.2. The van der Waals surface area contributed by atoms with Gasteiger partial charge in [-0.2, -0.15) is 0 Å². The fourth-order valence-corrected chi connectivity index (χ4v) is 4.13. The lowest BCUT2D eigenvalue weighted by Crippen LogP contribution is -2.48. The van der Waals surface area contributed by atoms with Crippen LogP contribution in [0.2, 0.25) is 0 Å². The molecular formula is C29H51NO. The van der Waals surface area contributed by atoms with E-state index in [0.29, 0.717) is 11.8 Å². The van der Waals surface area contributed by atoms with E-state index < -0.39 is 0 Å². The number of Topliss-reactive ketones (excluding diaryl/α,β-unsaturated/α-hetero) is 1. The minimum Gasteiger partial charge on any atom is -0.301 e. The zero-order chi connectivity index (χ0) is 24.0. The van der Waals surface area contributed by atoms with Gasteiger partial charge >= 0.3 is 0 Å². The summed E-state index contributed by atoms with van der Waals surface area (Å²) < 4.78 is 0. The lowest BCUT2D eigenvalue weighted by atomic mass is 9.68. The first-order valence-corrected chi connectivity index (χ1v) is 12.8. The van der Waals surface area contributed by atoms with E-state index in [-0.39, 0.29) is 5.41 Å². The van der Waals surface area contributed by atoms with Crippen LogP contribution in [-0.4, -0.2) is 29.8 Å². The average Bonchev–Trinajstić information content (AvgIpc) is 2.79. The van der Waals surface area contributed by atoms with Crippen molar-refractivity contribution in [1.82, 2.24) is 4.90 Å². The molecule has 0 unspecified atom stereocenters. The molecule has 0 atom stereocenters. The van der Waals surface area contributed by atoms with Crippen LogP contribution in [0, 0.1) is 6.92 Å². The Hall–Kier alpha value is -1.41. The molecule has 1 aromatic carbocycles. The van der Waals surface area contributed by atoms with Gasteiger partial charge in [-0.3, -0.25) is 4.79 Å². The van der Waals surface area contributed by atoms with Crippen LogP contribution in [0.25, 0.3) is 5.57 Å². The molecule has 0 radical (unpaired) electrons. The van der Waals surface area contributed by atoms with Gasteiger partial charge in [0.05, 0.1) is 5.41 Å². The molecule has 0 bridgehead atoms. The van der Waals surface area contributed by atoms with Crippen molar-refractivity contribution < 1.29 is 4.79 Å². The number of carbonyl (C=O) groups excluding carboxylic acids is 1. The topological polar surface area (TPSA) is 20.3 Å². The molecule has 2 nitrogen and oxygen atoms in total. The highest BCUT2D eigenvalue weighted by Crippen LogP contribution is 2.40. The van der Waals surface area contributed by atoms with E-state index in [4.69, 9.17) is 0 Å². The molecular weight excluding hydrogens is 378 g/mol. The van der Waals surface area contributed by atoms with E-state index in [1.54, 1.807) is 6.92 Å². The second kappa shape index (κ2) is 15.4. The lowest BCUT2D eigenvalue weighted by molar-refractivity contribution is -0.124. The van der Waals surface area contributed by atoms with Gasteiger partial charge in [0.15, 0.2) is 0 Å². The Morgan fingerprint density at radius 2 is 1.61 bits per heavy atom. The first-order chi connectivity index (χ1) is 14.7. The van der Waals surface area contributed by atoms with Crippen LogP contribution in [0.3, 0.4) is 0 Å². The van der Waals surface area contributed by atoms with E-state index in [9.17, 15) is 4.79 Å². The van der Waals surface area contributed by atoms with Crippen LogP contribution in [0.1, 0.15) is 117 Å². The third-order valence-electron chi connectivity index (χ3n) is 6.55. The van der Waals surface area contributed by atoms with Crippen molar-refractivity contribution in [2.24, 2.45) is 0 Å². The summed E-state index contributed by atoms with van der Waals surface area (Å²) in [6.07, 6.45) is 7.87. The third kappa shape index (κ3) is 8.56. The second-order valence-corrected chi connectivity index (χ2v) is 9.00. The van der Waals surface area contributed by atoms with E-state index >= 15 is 0 Å². The molecule has 1 aliphatic heterocycles. The molecule has 31 heavy (non-hydrogen) atoms. The number of unbranched alkanes of at least 4 members (excludes halogenated alkanes) is 2. The van der Waals surface area contributed by atoms with E-state index in [1.165, 1.54) is 47.9 Å². The maximum atomic E-state index is 12.8. The van der Waals surface area contributed by atoms with Crippen LogP contribution in [-0.2, 0) is 10.2 Å². The van der Waals surface area contributed by atoms with Crippen LogP contribution >= 0.6 is 0 Å². The maximum Gasteiger partial charge on any atom is 0.140 e. The summed E-state index contributed by atoms with van der Waals surface area (Å²) in [6, 6.07) is 7.17. The highest BCUT2D eigenvalue weighted by Gasteiger charge is 2.41. The van der Waals surface area contributed by atoms with Gasteiger partial charge in [0.2, 0.25) is 0 Å². The average molecular weight is 430 g/mol. The number of aryl methyl sites for hydroxylation is 1. The predicted octanol–water partition coefficient (Wildman–Crippen LogP) is 8.36. The number of nitrogens with zero attached hydrogens (tertiary/aromatic N) is 1. The van der Waals surface area contributed by atoms with Gasteiger partial charge in [0.25, 0.3) is 0 Å². The van der Waals surface area contributed by atoms with Crippen LogP contribution in [0.15, 0.2) is 24.8 Å². The summed E-state index contributed by atoms with van der Waals surface area (Å²) in [6.45, 7) is 25.3. The van der Waals surface area contributed by atoms with Gasteiger partial charge in [0.1, 0.15) is 5.78 Å². The van der Waals surface area contributed by atoms with Crippen molar-refractivity contribution in [3.63, 3.8) is 0 Å². The monoisotopic (exact) mass is 429 g/mol. The van der Waals surface area contributed by atoms with Crippen LogP contribution < -0.4 is 0 Å². The normalized spacial score (nSPS) is 15.4. The van der Waals surface area contributed by atoms with Crippen molar-refractivity contribution in [3.8, 4) is 0 Å². The lowest BCUT2D eigenvalue weighted by Gasteiger charge is -2.43. The molecule has 1 saturated heterocycles. The summed E-state index contributed by atoms with van der Waals surface area (Å²) in [5.41, 5.74) is 4.55. The van der Waals surface area contributed by atoms with Gasteiger partial charge in [-0.15, -0.1) is 0 Å². The number of piperidine rings is 1. The first kappa shape index (κ1) is 29.6. The number of rotatable bonds is 8. The number of allylic oxidation sites excluding steroid dienone is 1. The van der Waals surface area contributed by atoms with Gasteiger partial charge < -0.3 is 4.90 Å². The number of ketones is 1. The molecule has 0 aliphatic carbocycles. The summed E-state index contributed by atoms with van der Waals surface area (Å²) in [5.74, 6) is 0.315. The Morgan fingerprint density at radius 3 is 2.03 bits per heavy atom. The Kier molecular flexibility index (Phi) is 14.7. The number of hydrogen-bond donors (Lipinski definition) is 0. The smallest absolute Gasteiger partial charge is 0.140 e. The standard InChI is InChI=1S/C23H35NO.C4H10.C2H6/c1-7-8-9-18(4)21-11-10-19(5)22(16-21)23(20(6)25)12-14-24(15-13-23)17(2)3;1-3-4-2;1-2/h10-11,16-17H,4,7-9,12-15H2,1-3,5-6H3;3-4H2,1-2H3;1-2H3. The number of carbonyl (C=O) groups is 1. The summed E-state index contributed by atoms with van der Waals surface area (Å²) in [5, 5.41) is 0. The van der Waals surface area contributed by atoms with Crippen molar-refractivity contribution in [1.29, 1.82) is 0 Å². The number of likely N-dealkylation sites (tertiary alicyclic amines) is 1. The molecule has 1 fully saturated rings. The molecule has 0 spiro atoms. The number of benzene rings is 1. The molecule has 1 aromatic rings. The van der Waals surface area contributed by atoms with E-state index in [0.717, 1.165) is 32.4 Å². The predicted molar refractivity (Wildman–Crippen MR) is 140 cm³/mol. The second-order valence-electron chi connectivity index (χ2n) is 9.00. The quantitative estimate of drug-likeness (QED) is 0.413. The fourth-order valence-electron chi connectivity index (χ4n) is 4.13. The Morgan fingerprint density at radius 1 is 1.06 bits per heavy atom. The fraction of sp³-hybridized carbons (Fsp3) is 0.690. The minimum atomic E-state index is -0.323. The van der Waals surface area contributed by atoms with Crippen molar-refractivity contribution >= 4 is 11.4 Å². The molecule has 0 amide bonds. The van der Waals surface area contributed by atoms with E-state index in [1.807, 2.05) is 13.8 Å². The van der Waals surface area contributed by atoms with Crippen LogP contribution in [0.5, 0.6) is 0 Å². The van der Waals surface area contributed by atoms with Crippen molar-refractivity contribution in [2.45, 2.75) is 119 Å². The molecule has 178 valence electrons. The molecule has 2 heteroatoms. The Balaban J connectivity index is 0.00000134. The van der Waals surface area contributed by atoms with Crippen molar-refractivity contribution in [3.05, 3.63) is 41.5 Å². The third-order valence-corrected chi connectivity index (χ3v) is 6.55. The molecule has 0 saturated carbocycles. The zero-order valence-corrected chi connectivity index (χ0v) is 22.2. The van der Waals surface area contributed by atoms with Gasteiger partial charge in [-0.1, -0.05) is 78.7 Å². The summed E-state index contributed by atoms with van der Waals surface area (Å²) >= 11 is 0. The van der Waals surface area contributed by atoms with Gasteiger partial charge in [-0.05, 0) is 88.7 Å². The minimum absolute atomic E-state index is 0.315. The van der Waals surface area contributed by atoms with Crippen LogP contribution in [0.4, 0.5) is 0 Å². The Labute approximate surface area is 194 Å². The highest BCUT2D eigenvalue weighted by atomic mass is 16.1. The Bertz CT molecular complexity index is 649. The first-order valence-electron chi connectivity index (χ1n) is 12.8. The van der Waals surface area contributed by atoms with E-state index in [2.05, 4.69) is 71.2 Å². The highest BCUT2D eigenvalue weighted by molar-refractivity contribution is 5.89. The van der Waals surface area contributed by atoms with Gasteiger partial charge in [0, 0.05) is 6.04 Å². The zero-order valence-electron chi connectivity index (χ0n) is 22.2. The molecule has 1 heterocycles. The SMILES string of the molecule is C=C(CCCC)c1ccc(C)c(C2(C(C)=O)CCN(C(C)C)CC2)c1.CC.CCCC. The van der Waals surface area contributed by atoms with Gasteiger partial charge in [-0.25, -0.2) is 0 Å². The molecule has 0 aromatic heterocycles.